The average molecular weight is 955 g/mol. The van der Waals surface area contributed by atoms with E-state index in [0.717, 1.165) is 57.8 Å². The van der Waals surface area contributed by atoms with E-state index in [1.165, 1.54) is 122 Å². The molecule has 0 amide bonds. The van der Waals surface area contributed by atoms with Crippen molar-refractivity contribution in [1.82, 2.24) is 0 Å². The molecule has 0 radical (unpaired) electrons. The second kappa shape index (κ2) is 43.1. The van der Waals surface area contributed by atoms with E-state index >= 15 is 0 Å². The average Bonchev–Trinajstić information content (AvgIpc) is 3.30. The zero-order valence-electron chi connectivity index (χ0n) is 41.2. The van der Waals surface area contributed by atoms with Crippen LogP contribution in [0.25, 0.3) is 0 Å². The van der Waals surface area contributed by atoms with E-state index < -0.39 is 63.1 Å². The van der Waals surface area contributed by atoms with Gasteiger partial charge in [-0.25, -0.2) is 4.57 Å². The molecule has 0 aliphatic heterocycles. The van der Waals surface area contributed by atoms with Crippen molar-refractivity contribution < 1.29 is 58.3 Å². The van der Waals surface area contributed by atoms with Gasteiger partial charge in [0.2, 0.25) is 0 Å². The summed E-state index contributed by atoms with van der Waals surface area (Å²) in [5, 5.41) is 50.3. The highest BCUT2D eigenvalue weighted by Crippen LogP contribution is 2.47. The van der Waals surface area contributed by atoms with Gasteiger partial charge >= 0.3 is 13.8 Å². The lowest BCUT2D eigenvalue weighted by Gasteiger charge is -2.41. The monoisotopic (exact) mass is 955 g/mol. The second-order valence-corrected chi connectivity index (χ2v) is 19.4. The number of rotatable bonds is 44. The van der Waals surface area contributed by atoms with Crippen molar-refractivity contribution in [2.75, 3.05) is 19.8 Å². The number of phosphoric ester groups is 1. The number of aliphatic hydroxyl groups is 5. The lowest BCUT2D eigenvalue weighted by atomic mass is 9.85. The number of hydrogen-bond acceptors (Lipinski definition) is 11. The van der Waals surface area contributed by atoms with E-state index in [1.54, 1.807) is 0 Å². The molecule has 6 N–H and O–H groups in total. The van der Waals surface area contributed by atoms with E-state index in [1.807, 2.05) is 0 Å². The van der Waals surface area contributed by atoms with Crippen LogP contribution in [0.3, 0.4) is 0 Å². The van der Waals surface area contributed by atoms with Gasteiger partial charge in [0, 0.05) is 13.0 Å². The Morgan fingerprint density at radius 2 is 0.894 bits per heavy atom. The Morgan fingerprint density at radius 3 is 1.38 bits per heavy atom. The third kappa shape index (κ3) is 34.3. The summed E-state index contributed by atoms with van der Waals surface area (Å²) in [7, 11) is -5.04. The summed E-state index contributed by atoms with van der Waals surface area (Å²) in [6.45, 7) is 4.11. The minimum absolute atomic E-state index is 0.0952. The molecular formula is C53H95O12P. The number of phosphoric acid groups is 1. The molecule has 0 aromatic heterocycles. The summed E-state index contributed by atoms with van der Waals surface area (Å²) in [4.78, 5) is 23.2. The minimum Gasteiger partial charge on any atom is -0.457 e. The Morgan fingerprint density at radius 1 is 0.500 bits per heavy atom. The fourth-order valence-electron chi connectivity index (χ4n) is 7.75. The molecule has 384 valence electrons. The Balaban J connectivity index is 2.32. The lowest BCUT2D eigenvalue weighted by Crippen LogP contribution is -2.64. The quantitative estimate of drug-likeness (QED) is 0.0147. The highest BCUT2D eigenvalue weighted by atomic mass is 31.2. The van der Waals surface area contributed by atoms with Gasteiger partial charge < -0.3 is 39.9 Å². The molecule has 0 saturated heterocycles. The largest absolute Gasteiger partial charge is 0.472 e. The molecule has 1 aliphatic carbocycles. The minimum atomic E-state index is -5.04. The number of hydrogen-bond donors (Lipinski definition) is 6. The van der Waals surface area contributed by atoms with Crippen LogP contribution in [-0.4, -0.2) is 98.9 Å². The van der Waals surface area contributed by atoms with Crippen LogP contribution in [-0.2, 0) is 27.9 Å². The lowest BCUT2D eigenvalue weighted by molar-refractivity contribution is -0.220. The van der Waals surface area contributed by atoms with Gasteiger partial charge in [-0.15, -0.1) is 0 Å². The van der Waals surface area contributed by atoms with Crippen molar-refractivity contribution in [1.29, 1.82) is 0 Å². The van der Waals surface area contributed by atoms with Crippen molar-refractivity contribution >= 4 is 13.8 Å². The fraction of sp³-hybridized carbons (Fsp3) is 0.792. The van der Waals surface area contributed by atoms with Crippen LogP contribution < -0.4 is 0 Å². The summed E-state index contributed by atoms with van der Waals surface area (Å²) in [5.74, 6) is -0.517. The van der Waals surface area contributed by atoms with Gasteiger partial charge in [0.25, 0.3) is 0 Å². The number of allylic oxidation sites excluding steroid dienone is 10. The van der Waals surface area contributed by atoms with Gasteiger partial charge in [-0.2, -0.15) is 0 Å². The first kappa shape index (κ1) is 62.1. The number of carbonyl (C=O) groups excluding carboxylic acids is 1. The molecule has 66 heavy (non-hydrogen) atoms. The van der Waals surface area contributed by atoms with Crippen molar-refractivity contribution in [3.05, 3.63) is 60.8 Å². The van der Waals surface area contributed by atoms with Gasteiger partial charge in [-0.1, -0.05) is 184 Å². The molecule has 6 atom stereocenters. The van der Waals surface area contributed by atoms with E-state index in [9.17, 15) is 39.8 Å². The highest BCUT2D eigenvalue weighted by molar-refractivity contribution is 7.47. The molecule has 0 aromatic rings. The van der Waals surface area contributed by atoms with E-state index in [-0.39, 0.29) is 13.0 Å². The maximum atomic E-state index is 12.8. The van der Waals surface area contributed by atoms with Crippen LogP contribution in [0.1, 0.15) is 206 Å². The van der Waals surface area contributed by atoms with E-state index in [0.29, 0.717) is 13.0 Å². The third-order valence-corrected chi connectivity index (χ3v) is 12.9. The maximum Gasteiger partial charge on any atom is 0.472 e. The molecule has 1 saturated carbocycles. The molecule has 12 nitrogen and oxygen atoms in total. The first-order valence-electron chi connectivity index (χ1n) is 26.1. The standard InChI is InChI=1S/C53H95O12P/c1-3-5-7-9-11-13-15-17-19-20-21-22-23-24-25-26-27-29-31-33-35-37-39-41-43-62-44-46(45-63-66(60,61)65-53-51(58)49(56)48(55)50(57)52(53)59)64-47(54)42-40-38-36-34-32-30-28-18-16-14-12-10-8-6-4-2/h6,8,12,14,18,20-21,28,32,34,46,48-53,55-59H,3-5,7,9-11,13,15-17,19,22-27,29-31,33,35-45H2,1-2H3,(H,60,61)/b8-6-,14-12-,21-20-,28-18-,34-32-. The zero-order valence-corrected chi connectivity index (χ0v) is 42.1. The van der Waals surface area contributed by atoms with Gasteiger partial charge in [0.05, 0.1) is 13.2 Å². The van der Waals surface area contributed by atoms with E-state index in [2.05, 4.69) is 74.6 Å². The first-order chi connectivity index (χ1) is 32.0. The predicted octanol–water partition coefficient (Wildman–Crippen LogP) is 11.8. The Bertz CT molecular complexity index is 1320. The summed E-state index contributed by atoms with van der Waals surface area (Å²) in [5.41, 5.74) is 0. The Hall–Kier alpha value is -1.96. The van der Waals surface area contributed by atoms with Gasteiger partial charge in [-0.3, -0.25) is 13.8 Å². The molecule has 1 rings (SSSR count). The van der Waals surface area contributed by atoms with Crippen LogP contribution in [0.5, 0.6) is 0 Å². The summed E-state index contributed by atoms with van der Waals surface area (Å²) in [6.07, 6.45) is 43.0. The molecule has 1 fully saturated rings. The van der Waals surface area contributed by atoms with Gasteiger partial charge in [0.1, 0.15) is 42.7 Å². The molecular weight excluding hydrogens is 860 g/mol. The molecule has 0 aromatic carbocycles. The van der Waals surface area contributed by atoms with Gasteiger partial charge in [0.15, 0.2) is 0 Å². The van der Waals surface area contributed by atoms with Crippen molar-refractivity contribution in [3.63, 3.8) is 0 Å². The summed E-state index contributed by atoms with van der Waals surface area (Å²) >= 11 is 0. The van der Waals surface area contributed by atoms with Crippen LogP contribution in [0.2, 0.25) is 0 Å². The molecule has 13 heteroatoms. The molecule has 6 unspecified atom stereocenters. The van der Waals surface area contributed by atoms with Crippen LogP contribution in [0.15, 0.2) is 60.8 Å². The third-order valence-electron chi connectivity index (χ3n) is 11.9. The van der Waals surface area contributed by atoms with Crippen LogP contribution in [0.4, 0.5) is 0 Å². The second-order valence-electron chi connectivity index (χ2n) is 18.0. The van der Waals surface area contributed by atoms with Crippen molar-refractivity contribution in [2.45, 2.75) is 249 Å². The number of unbranched alkanes of at least 4 members (excludes halogenated alkanes) is 22. The topological polar surface area (TPSA) is 192 Å². The van der Waals surface area contributed by atoms with Crippen molar-refractivity contribution in [3.8, 4) is 0 Å². The summed E-state index contributed by atoms with van der Waals surface area (Å²) < 4.78 is 34.2. The Labute approximate surface area is 400 Å². The van der Waals surface area contributed by atoms with Crippen LogP contribution in [0, 0.1) is 0 Å². The Kier molecular flexibility index (Phi) is 40.5. The summed E-state index contributed by atoms with van der Waals surface area (Å²) in [6, 6.07) is 0. The first-order valence-corrected chi connectivity index (χ1v) is 27.6. The van der Waals surface area contributed by atoms with Crippen LogP contribution >= 0.6 is 7.82 Å². The molecule has 0 bridgehead atoms. The predicted molar refractivity (Wildman–Crippen MR) is 267 cm³/mol. The SMILES string of the molecule is CC/C=C\C/C=C\C/C=C\C/C=C\CCCCC(=O)OC(COCCCCCCCCCCCCCC/C=C\CCCCCCCCCC)COP(=O)(O)OC1C(O)C(O)C(O)C(O)C1O. The highest BCUT2D eigenvalue weighted by Gasteiger charge is 2.51. The molecule has 0 spiro atoms. The zero-order chi connectivity index (χ0) is 48.4. The normalized spacial score (nSPS) is 21.9. The van der Waals surface area contributed by atoms with Gasteiger partial charge in [-0.05, 0) is 77.0 Å². The maximum absolute atomic E-state index is 12.8. The molecule has 0 heterocycles. The fourth-order valence-corrected chi connectivity index (χ4v) is 8.73. The number of carbonyl (C=O) groups is 1. The number of aliphatic hydroxyl groups excluding tert-OH is 5. The molecule has 1 aliphatic rings. The van der Waals surface area contributed by atoms with Crippen molar-refractivity contribution in [2.24, 2.45) is 0 Å². The number of esters is 1. The van der Waals surface area contributed by atoms with E-state index in [4.69, 9.17) is 18.5 Å². The number of ether oxygens (including phenoxy) is 2. The smallest absolute Gasteiger partial charge is 0.457 e.